The Balaban J connectivity index is 2.64. The van der Waals surface area contributed by atoms with Gasteiger partial charge in [-0.3, -0.25) is 5.32 Å². The molecule has 7 heteroatoms. The number of hydrogen-bond acceptors (Lipinski definition) is 3. The van der Waals surface area contributed by atoms with Crippen LogP contribution in [0.3, 0.4) is 0 Å². The van der Waals surface area contributed by atoms with Gasteiger partial charge in [0.25, 0.3) is 0 Å². The van der Waals surface area contributed by atoms with Gasteiger partial charge < -0.3 is 4.74 Å². The molecule has 0 fully saturated rings. The molecule has 16 heavy (non-hydrogen) atoms. The van der Waals surface area contributed by atoms with Crippen LogP contribution in [0.2, 0.25) is 0 Å². The minimum Gasteiger partial charge on any atom is -0.453 e. The van der Waals surface area contributed by atoms with Crippen molar-refractivity contribution in [1.29, 1.82) is 0 Å². The summed E-state index contributed by atoms with van der Waals surface area (Å²) in [4.78, 5) is 10.8. The average molecular weight is 251 g/mol. The first-order chi connectivity index (χ1) is 7.40. The molecule has 0 unspecified atom stereocenters. The number of nitrogens with one attached hydrogen (secondary N) is 1. The van der Waals surface area contributed by atoms with Crippen LogP contribution in [0.5, 0.6) is 0 Å². The van der Waals surface area contributed by atoms with Crippen molar-refractivity contribution < 1.29 is 22.7 Å². The van der Waals surface area contributed by atoms with E-state index in [9.17, 15) is 18.0 Å². The number of amides is 1. The quantitative estimate of drug-likeness (QED) is 0.818. The number of benzene rings is 1. The normalized spacial score (nSPS) is 11.0. The number of ether oxygens (including phenoxy) is 1. The van der Waals surface area contributed by atoms with Gasteiger partial charge in [0.05, 0.1) is 7.11 Å². The zero-order valence-corrected chi connectivity index (χ0v) is 8.98. The Bertz CT molecular complexity index is 364. The number of anilines is 1. The van der Waals surface area contributed by atoms with E-state index in [1.807, 2.05) is 0 Å². The zero-order chi connectivity index (χ0) is 12.2. The lowest BCUT2D eigenvalue weighted by Gasteiger charge is -2.07. The Morgan fingerprint density at radius 1 is 1.31 bits per heavy atom. The highest BCUT2D eigenvalue weighted by Crippen LogP contribution is 2.36. The average Bonchev–Trinajstić information content (AvgIpc) is 2.18. The summed E-state index contributed by atoms with van der Waals surface area (Å²) in [6, 6.07) is 5.27. The monoisotopic (exact) mass is 251 g/mol. The largest absolute Gasteiger partial charge is 0.453 e. The molecular formula is C9H8F3NO2S. The van der Waals surface area contributed by atoms with Gasteiger partial charge in [-0.1, -0.05) is 0 Å². The molecule has 1 amide bonds. The molecule has 1 rings (SSSR count). The van der Waals surface area contributed by atoms with Crippen LogP contribution in [0, 0.1) is 0 Å². The summed E-state index contributed by atoms with van der Waals surface area (Å²) in [6.45, 7) is 0. The fourth-order valence-electron chi connectivity index (χ4n) is 0.909. The lowest BCUT2D eigenvalue weighted by atomic mass is 10.3. The Hall–Kier alpha value is -1.37. The maximum Gasteiger partial charge on any atom is 0.446 e. The summed E-state index contributed by atoms with van der Waals surface area (Å²) in [5.74, 6) is 0. The SMILES string of the molecule is COC(=O)Nc1ccc(SC(F)(F)F)cc1. The second-order valence-corrected chi connectivity index (χ2v) is 3.83. The van der Waals surface area contributed by atoms with E-state index in [1.165, 1.54) is 31.4 Å². The first-order valence-corrected chi connectivity index (χ1v) is 4.93. The number of halogens is 3. The van der Waals surface area contributed by atoms with Crippen LogP contribution in [-0.2, 0) is 4.74 Å². The van der Waals surface area contributed by atoms with Gasteiger partial charge in [0.15, 0.2) is 0 Å². The molecule has 0 aliphatic heterocycles. The molecule has 1 N–H and O–H groups in total. The minimum absolute atomic E-state index is 0.0583. The van der Waals surface area contributed by atoms with Gasteiger partial charge in [-0.25, -0.2) is 4.79 Å². The first kappa shape index (κ1) is 12.7. The maximum atomic E-state index is 12.0. The van der Waals surface area contributed by atoms with Crippen LogP contribution >= 0.6 is 11.8 Å². The number of methoxy groups -OCH3 is 1. The van der Waals surface area contributed by atoms with Crippen LogP contribution in [-0.4, -0.2) is 18.7 Å². The molecule has 0 saturated carbocycles. The van der Waals surface area contributed by atoms with Crippen molar-refractivity contribution >= 4 is 23.5 Å². The summed E-state index contributed by atoms with van der Waals surface area (Å²) in [5.41, 5.74) is -3.93. The highest BCUT2D eigenvalue weighted by molar-refractivity contribution is 8.00. The van der Waals surface area contributed by atoms with E-state index in [4.69, 9.17) is 0 Å². The lowest BCUT2D eigenvalue weighted by molar-refractivity contribution is -0.0328. The molecule has 1 aromatic rings. The van der Waals surface area contributed by atoms with Crippen LogP contribution in [0.25, 0.3) is 0 Å². The maximum absolute atomic E-state index is 12.0. The van der Waals surface area contributed by atoms with E-state index in [-0.39, 0.29) is 16.7 Å². The minimum atomic E-state index is -4.31. The Morgan fingerprint density at radius 2 is 1.88 bits per heavy atom. The zero-order valence-electron chi connectivity index (χ0n) is 8.17. The summed E-state index contributed by atoms with van der Waals surface area (Å²) in [7, 11) is 1.20. The number of rotatable bonds is 2. The molecule has 0 aliphatic rings. The Kier molecular flexibility index (Phi) is 4.05. The number of thioether (sulfide) groups is 1. The predicted molar refractivity (Wildman–Crippen MR) is 54.4 cm³/mol. The van der Waals surface area contributed by atoms with Crippen molar-refractivity contribution in [3.8, 4) is 0 Å². The summed E-state index contributed by atoms with van der Waals surface area (Å²) in [5, 5.41) is 2.33. The van der Waals surface area contributed by atoms with Crippen LogP contribution < -0.4 is 5.32 Å². The molecule has 0 aromatic heterocycles. The standard InChI is InChI=1S/C9H8F3NO2S/c1-15-8(14)13-6-2-4-7(5-3-6)16-9(10,11)12/h2-5H,1H3,(H,13,14). The van der Waals surface area contributed by atoms with Gasteiger partial charge in [0.2, 0.25) is 0 Å². The van der Waals surface area contributed by atoms with E-state index in [0.29, 0.717) is 5.69 Å². The molecule has 3 nitrogen and oxygen atoms in total. The third-order valence-electron chi connectivity index (χ3n) is 1.52. The smallest absolute Gasteiger partial charge is 0.446 e. The molecule has 0 spiro atoms. The Morgan fingerprint density at radius 3 is 2.31 bits per heavy atom. The van der Waals surface area contributed by atoms with Crippen LogP contribution in [0.15, 0.2) is 29.2 Å². The third kappa shape index (κ3) is 4.43. The van der Waals surface area contributed by atoms with Gasteiger partial charge in [0.1, 0.15) is 0 Å². The predicted octanol–water partition coefficient (Wildman–Crippen LogP) is 3.48. The van der Waals surface area contributed by atoms with Crippen molar-refractivity contribution in [3.63, 3.8) is 0 Å². The second-order valence-electron chi connectivity index (χ2n) is 2.69. The highest BCUT2D eigenvalue weighted by atomic mass is 32.2. The third-order valence-corrected chi connectivity index (χ3v) is 2.26. The molecule has 0 heterocycles. The van der Waals surface area contributed by atoms with Crippen molar-refractivity contribution in [3.05, 3.63) is 24.3 Å². The van der Waals surface area contributed by atoms with Gasteiger partial charge in [-0.15, -0.1) is 0 Å². The molecule has 0 aliphatic carbocycles. The number of carbonyl (C=O) groups excluding carboxylic acids is 1. The van der Waals surface area contributed by atoms with Crippen molar-refractivity contribution in [1.82, 2.24) is 0 Å². The number of hydrogen-bond donors (Lipinski definition) is 1. The molecule has 0 radical (unpaired) electrons. The topological polar surface area (TPSA) is 38.3 Å². The van der Waals surface area contributed by atoms with E-state index >= 15 is 0 Å². The molecule has 88 valence electrons. The Labute approximate surface area is 94.0 Å². The molecule has 0 saturated heterocycles. The van der Waals surface area contributed by atoms with Gasteiger partial charge in [-0.2, -0.15) is 13.2 Å². The van der Waals surface area contributed by atoms with E-state index < -0.39 is 11.6 Å². The molecule has 1 aromatic carbocycles. The second kappa shape index (κ2) is 5.11. The van der Waals surface area contributed by atoms with Crippen LogP contribution in [0.4, 0.5) is 23.7 Å². The summed E-state index contributed by atoms with van der Waals surface area (Å²) >= 11 is -0.210. The van der Waals surface area contributed by atoms with E-state index in [2.05, 4.69) is 10.1 Å². The van der Waals surface area contributed by atoms with E-state index in [0.717, 1.165) is 0 Å². The van der Waals surface area contributed by atoms with Crippen LogP contribution in [0.1, 0.15) is 0 Å². The van der Waals surface area contributed by atoms with Crippen molar-refractivity contribution in [2.45, 2.75) is 10.4 Å². The number of carbonyl (C=O) groups is 1. The van der Waals surface area contributed by atoms with Crippen molar-refractivity contribution in [2.24, 2.45) is 0 Å². The number of alkyl halides is 3. The molecule has 0 bridgehead atoms. The summed E-state index contributed by atoms with van der Waals surface area (Å²) in [6.07, 6.45) is -0.670. The highest BCUT2D eigenvalue weighted by Gasteiger charge is 2.28. The first-order valence-electron chi connectivity index (χ1n) is 4.11. The van der Waals surface area contributed by atoms with Gasteiger partial charge in [0, 0.05) is 10.6 Å². The lowest BCUT2D eigenvalue weighted by Crippen LogP contribution is -2.10. The fraction of sp³-hybridized carbons (Fsp3) is 0.222. The van der Waals surface area contributed by atoms with Gasteiger partial charge in [-0.05, 0) is 36.0 Å². The fourth-order valence-corrected chi connectivity index (χ4v) is 1.45. The summed E-state index contributed by atoms with van der Waals surface area (Å²) < 4.78 is 40.3. The molecule has 0 atom stereocenters. The van der Waals surface area contributed by atoms with Crippen molar-refractivity contribution in [2.75, 3.05) is 12.4 Å². The molecular weight excluding hydrogens is 243 g/mol. The van der Waals surface area contributed by atoms with E-state index in [1.54, 1.807) is 0 Å². The van der Waals surface area contributed by atoms with Gasteiger partial charge >= 0.3 is 11.6 Å².